The van der Waals surface area contributed by atoms with Gasteiger partial charge in [-0.3, -0.25) is 0 Å². The average Bonchev–Trinajstić information content (AvgIpc) is 3.08. The normalized spacial score (nSPS) is 14.0. The van der Waals surface area contributed by atoms with Crippen LogP contribution in [0.3, 0.4) is 0 Å². The Balaban J connectivity index is 1.98. The molecule has 2 heteroatoms. The van der Waals surface area contributed by atoms with Crippen LogP contribution in [0.5, 0.6) is 5.75 Å². The van der Waals surface area contributed by atoms with Crippen LogP contribution >= 0.6 is 0 Å². The molecule has 0 radical (unpaired) electrons. The summed E-state index contributed by atoms with van der Waals surface area (Å²) in [4.78, 5) is 0. The van der Waals surface area contributed by atoms with Crippen molar-refractivity contribution in [2.75, 3.05) is 6.61 Å². The van der Waals surface area contributed by atoms with Crippen molar-refractivity contribution in [1.82, 2.24) is 0 Å². The number of hydrogen-bond donors (Lipinski definition) is 0. The standard InChI is InChI=1S/C24H28OSi/c1-5-16-25-24-21(18-26(3,4)22-15-14-19(2)17-22)12-9-13-23(24)20-10-7-6-8-11-20/h5-14,17H,1,15-16,18H2,2-4H3. The molecule has 0 amide bonds. The van der Waals surface area contributed by atoms with Gasteiger partial charge in [0.15, 0.2) is 0 Å². The Bertz CT molecular complexity index is 844. The summed E-state index contributed by atoms with van der Waals surface area (Å²) in [5, 5.41) is 1.63. The largest absolute Gasteiger partial charge is 0.489 e. The first-order valence-electron chi connectivity index (χ1n) is 9.30. The number of rotatable bonds is 7. The second kappa shape index (κ2) is 7.92. The minimum atomic E-state index is -1.54. The van der Waals surface area contributed by atoms with Crippen molar-refractivity contribution in [1.29, 1.82) is 0 Å². The van der Waals surface area contributed by atoms with Crippen LogP contribution in [0.25, 0.3) is 11.1 Å². The maximum atomic E-state index is 6.17. The van der Waals surface area contributed by atoms with Crippen LogP contribution in [-0.2, 0) is 6.04 Å². The van der Waals surface area contributed by atoms with Crippen LogP contribution in [0.1, 0.15) is 18.9 Å². The van der Waals surface area contributed by atoms with Gasteiger partial charge in [0.25, 0.3) is 0 Å². The number of ether oxygens (including phenoxy) is 1. The monoisotopic (exact) mass is 360 g/mol. The van der Waals surface area contributed by atoms with Crippen LogP contribution in [0, 0.1) is 0 Å². The first kappa shape index (κ1) is 18.5. The van der Waals surface area contributed by atoms with Crippen molar-refractivity contribution in [3.63, 3.8) is 0 Å². The van der Waals surface area contributed by atoms with Crippen molar-refractivity contribution < 1.29 is 4.74 Å². The second-order valence-electron chi connectivity index (χ2n) is 7.64. The molecule has 0 aromatic heterocycles. The van der Waals surface area contributed by atoms with Crippen LogP contribution in [0.15, 0.2) is 84.1 Å². The third-order valence-electron chi connectivity index (χ3n) is 5.07. The van der Waals surface area contributed by atoms with Gasteiger partial charge in [-0.25, -0.2) is 0 Å². The predicted molar refractivity (Wildman–Crippen MR) is 115 cm³/mol. The topological polar surface area (TPSA) is 9.23 Å². The van der Waals surface area contributed by atoms with E-state index < -0.39 is 8.07 Å². The number of para-hydroxylation sites is 1. The summed E-state index contributed by atoms with van der Waals surface area (Å²) in [5.74, 6) is 1.02. The molecule has 0 atom stereocenters. The number of hydrogen-bond acceptors (Lipinski definition) is 1. The molecule has 0 bridgehead atoms. The van der Waals surface area contributed by atoms with Crippen molar-refractivity contribution in [3.8, 4) is 16.9 Å². The maximum Gasteiger partial charge on any atom is 0.130 e. The van der Waals surface area contributed by atoms with Gasteiger partial charge < -0.3 is 4.74 Å². The van der Waals surface area contributed by atoms with Gasteiger partial charge in [-0.1, -0.05) is 97.2 Å². The SMILES string of the molecule is C=CCOc1c(C[Si](C)(C)C2=CC(C)=CC2)cccc1-c1ccccc1. The summed E-state index contributed by atoms with van der Waals surface area (Å²) >= 11 is 0. The van der Waals surface area contributed by atoms with Gasteiger partial charge in [0.2, 0.25) is 0 Å². The third kappa shape index (κ3) is 4.08. The van der Waals surface area contributed by atoms with Gasteiger partial charge in [-0.15, -0.1) is 0 Å². The fraction of sp³-hybridized carbons (Fsp3) is 0.250. The molecule has 2 aromatic carbocycles. The Hall–Kier alpha value is -2.32. The van der Waals surface area contributed by atoms with Gasteiger partial charge in [0.1, 0.15) is 12.4 Å². The average molecular weight is 361 g/mol. The predicted octanol–water partition coefficient (Wildman–Crippen LogP) is 6.52. The summed E-state index contributed by atoms with van der Waals surface area (Å²) in [6.07, 6.45) is 7.68. The molecule has 26 heavy (non-hydrogen) atoms. The van der Waals surface area contributed by atoms with E-state index in [9.17, 15) is 0 Å². The van der Waals surface area contributed by atoms with E-state index >= 15 is 0 Å². The molecule has 0 N–H and O–H groups in total. The molecular weight excluding hydrogens is 332 g/mol. The molecule has 0 aliphatic heterocycles. The summed E-state index contributed by atoms with van der Waals surface area (Å²) in [5.41, 5.74) is 5.09. The molecule has 3 rings (SSSR count). The molecule has 0 unspecified atom stereocenters. The van der Waals surface area contributed by atoms with Gasteiger partial charge in [-0.2, -0.15) is 0 Å². The minimum absolute atomic E-state index is 0.530. The van der Waals surface area contributed by atoms with Crippen molar-refractivity contribution in [2.45, 2.75) is 32.5 Å². The Labute approximate surface area is 158 Å². The number of benzene rings is 2. The molecule has 134 valence electrons. The molecule has 0 fully saturated rings. The highest BCUT2D eigenvalue weighted by atomic mass is 28.3. The lowest BCUT2D eigenvalue weighted by Gasteiger charge is -2.26. The first-order valence-corrected chi connectivity index (χ1v) is 12.5. The second-order valence-corrected chi connectivity index (χ2v) is 12.4. The van der Waals surface area contributed by atoms with Gasteiger partial charge >= 0.3 is 0 Å². The molecule has 1 aliphatic rings. The molecule has 0 saturated heterocycles. The summed E-state index contributed by atoms with van der Waals surface area (Å²) in [6.45, 7) is 11.5. The van der Waals surface area contributed by atoms with E-state index in [0.717, 1.165) is 18.2 Å². The van der Waals surface area contributed by atoms with E-state index in [1.54, 1.807) is 5.20 Å². The van der Waals surface area contributed by atoms with Gasteiger partial charge in [0.05, 0.1) is 8.07 Å². The molecule has 1 nitrogen and oxygen atoms in total. The smallest absolute Gasteiger partial charge is 0.130 e. The molecule has 0 heterocycles. The van der Waals surface area contributed by atoms with Crippen molar-refractivity contribution in [2.24, 2.45) is 0 Å². The summed E-state index contributed by atoms with van der Waals surface area (Å²) in [7, 11) is -1.54. The van der Waals surface area contributed by atoms with E-state index in [4.69, 9.17) is 4.74 Å². The molecule has 1 aliphatic carbocycles. The van der Waals surface area contributed by atoms with E-state index in [0.29, 0.717) is 6.61 Å². The fourth-order valence-electron chi connectivity index (χ4n) is 3.61. The summed E-state index contributed by atoms with van der Waals surface area (Å²) in [6, 6.07) is 18.1. The Morgan fingerprint density at radius 2 is 1.85 bits per heavy atom. The van der Waals surface area contributed by atoms with Gasteiger partial charge in [0, 0.05) is 5.56 Å². The summed E-state index contributed by atoms with van der Waals surface area (Å²) < 4.78 is 6.17. The lowest BCUT2D eigenvalue weighted by Crippen LogP contribution is -2.32. The van der Waals surface area contributed by atoms with E-state index in [2.05, 4.69) is 87.3 Å². The van der Waals surface area contributed by atoms with Crippen LogP contribution in [0.4, 0.5) is 0 Å². The molecular formula is C24H28OSi. The van der Waals surface area contributed by atoms with E-state index in [1.165, 1.54) is 22.3 Å². The third-order valence-corrected chi connectivity index (χ3v) is 8.43. The first-order chi connectivity index (χ1) is 12.5. The lowest BCUT2D eigenvalue weighted by atomic mass is 10.0. The van der Waals surface area contributed by atoms with Crippen molar-refractivity contribution in [3.05, 3.63) is 89.7 Å². The van der Waals surface area contributed by atoms with Crippen LogP contribution in [-0.4, -0.2) is 14.7 Å². The highest BCUT2D eigenvalue weighted by Crippen LogP contribution is 2.37. The maximum absolute atomic E-state index is 6.17. The van der Waals surface area contributed by atoms with E-state index in [-0.39, 0.29) is 0 Å². The fourth-order valence-corrected chi connectivity index (χ4v) is 6.34. The van der Waals surface area contributed by atoms with E-state index in [1.807, 2.05) is 6.08 Å². The molecule has 0 spiro atoms. The quantitative estimate of drug-likeness (QED) is 0.403. The zero-order valence-electron chi connectivity index (χ0n) is 16.1. The Morgan fingerprint density at radius 3 is 2.50 bits per heavy atom. The highest BCUT2D eigenvalue weighted by Gasteiger charge is 2.29. The highest BCUT2D eigenvalue weighted by molar-refractivity contribution is 6.83. The van der Waals surface area contributed by atoms with Gasteiger partial charge in [-0.05, 0) is 30.5 Å². The van der Waals surface area contributed by atoms with Crippen LogP contribution < -0.4 is 4.74 Å². The zero-order valence-corrected chi connectivity index (χ0v) is 17.1. The number of allylic oxidation sites excluding steroid dienone is 4. The molecule has 0 saturated carbocycles. The van der Waals surface area contributed by atoms with Crippen molar-refractivity contribution >= 4 is 8.07 Å². The zero-order chi connectivity index (χ0) is 18.6. The molecule has 2 aromatic rings. The minimum Gasteiger partial charge on any atom is -0.489 e. The Morgan fingerprint density at radius 1 is 1.08 bits per heavy atom. The van der Waals surface area contributed by atoms with Crippen LogP contribution in [0.2, 0.25) is 13.1 Å². The Kier molecular flexibility index (Phi) is 5.63. The lowest BCUT2D eigenvalue weighted by molar-refractivity contribution is 0.361.